The molecule has 8 rings (SSSR count). The second-order valence-corrected chi connectivity index (χ2v) is 14.1. The lowest BCUT2D eigenvalue weighted by molar-refractivity contribution is 0.0512. The van der Waals surface area contributed by atoms with E-state index in [0.717, 1.165) is 45.3 Å². The highest BCUT2D eigenvalue weighted by Gasteiger charge is 2.49. The number of fused-ring (bicyclic) bond motifs is 5. The van der Waals surface area contributed by atoms with Gasteiger partial charge in [-0.1, -0.05) is 13.0 Å². The Morgan fingerprint density at radius 1 is 1.04 bits per heavy atom. The summed E-state index contributed by atoms with van der Waals surface area (Å²) >= 11 is 0. The number of benzene rings is 2. The molecule has 254 valence electrons. The molecule has 5 heterocycles. The largest absolute Gasteiger partial charge is 0.468 e. The fourth-order valence-electron chi connectivity index (χ4n) is 9.13. The number of rotatable bonds is 10. The van der Waals surface area contributed by atoms with E-state index < -0.39 is 5.82 Å². The number of aryl methyl sites for hydroxylation is 1. The molecule has 3 unspecified atom stereocenters. The number of anilines is 1. The maximum atomic E-state index is 17.1. The first kappa shape index (κ1) is 31.6. The van der Waals surface area contributed by atoms with Crippen molar-refractivity contribution in [2.45, 2.75) is 69.9 Å². The molecule has 48 heavy (non-hydrogen) atoms. The van der Waals surface area contributed by atoms with Crippen LogP contribution in [-0.4, -0.2) is 83.3 Å². The number of piperidine rings is 1. The Kier molecular flexibility index (Phi) is 8.33. The lowest BCUT2D eigenvalue weighted by atomic mass is 9.94. The lowest BCUT2D eigenvalue weighted by Gasteiger charge is -2.35. The number of methoxy groups -OCH3 is 1. The second-order valence-electron chi connectivity index (χ2n) is 14.1. The molecule has 3 aliphatic heterocycles. The first-order chi connectivity index (χ1) is 23.4. The van der Waals surface area contributed by atoms with Gasteiger partial charge in [0, 0.05) is 38.0 Å². The van der Waals surface area contributed by atoms with Crippen molar-refractivity contribution in [1.82, 2.24) is 19.9 Å². The standard InChI is InChI=1S/C37H43F2N5O4/c1-3-27-30(38)8-7-24-14-26(48-21-46-2)15-28(31(24)27)33-32(39)34-29(16-40-33)35(43-17-22-5-6-23(13-22)18-43)42-36(41-34)47-20-37-10-4-12-44(37)25(19-45)9-11-37/h7-8,14-16,22-23,25,45H,3-6,9-13,17-21H2,1-2H3/t22?,23?,25-,37?/m1/s1. The number of aromatic nitrogens is 3. The van der Waals surface area contributed by atoms with Crippen molar-refractivity contribution in [3.8, 4) is 23.0 Å². The number of hydrogen-bond donors (Lipinski definition) is 1. The van der Waals surface area contributed by atoms with Gasteiger partial charge in [0.25, 0.3) is 0 Å². The van der Waals surface area contributed by atoms with Crippen LogP contribution in [-0.2, 0) is 11.2 Å². The van der Waals surface area contributed by atoms with E-state index >= 15 is 8.78 Å². The first-order valence-electron chi connectivity index (χ1n) is 17.4. The van der Waals surface area contributed by atoms with Gasteiger partial charge in [-0.25, -0.2) is 8.78 Å². The van der Waals surface area contributed by atoms with Crippen LogP contribution in [0.4, 0.5) is 14.6 Å². The Balaban J connectivity index is 1.26. The maximum absolute atomic E-state index is 17.1. The summed E-state index contributed by atoms with van der Waals surface area (Å²) in [7, 11) is 1.53. The van der Waals surface area contributed by atoms with Gasteiger partial charge < -0.3 is 24.2 Å². The van der Waals surface area contributed by atoms with Gasteiger partial charge in [0.05, 0.1) is 17.5 Å². The number of aliphatic hydroxyl groups excluding tert-OH is 1. The summed E-state index contributed by atoms with van der Waals surface area (Å²) in [4.78, 5) is 19.0. The molecule has 4 aliphatic rings. The summed E-state index contributed by atoms with van der Waals surface area (Å²) in [5, 5.41) is 11.8. The number of ether oxygens (including phenoxy) is 3. The Bertz CT molecular complexity index is 1850. The van der Waals surface area contributed by atoms with Gasteiger partial charge in [-0.2, -0.15) is 9.97 Å². The van der Waals surface area contributed by atoms with E-state index in [2.05, 4.69) is 9.80 Å². The van der Waals surface area contributed by atoms with Crippen LogP contribution in [0, 0.1) is 23.5 Å². The van der Waals surface area contributed by atoms with Gasteiger partial charge in [-0.15, -0.1) is 0 Å². The molecule has 0 amide bonds. The van der Waals surface area contributed by atoms with Crippen molar-refractivity contribution < 1.29 is 28.1 Å². The number of pyridine rings is 1. The van der Waals surface area contributed by atoms with E-state index in [0.29, 0.717) is 63.7 Å². The molecule has 3 saturated heterocycles. The zero-order chi connectivity index (χ0) is 33.0. The Labute approximate surface area is 279 Å². The highest BCUT2D eigenvalue weighted by Crippen LogP contribution is 2.44. The number of aliphatic hydroxyl groups is 1. The minimum Gasteiger partial charge on any atom is -0.468 e. The Hall–Kier alpha value is -3.67. The molecular weight excluding hydrogens is 616 g/mol. The van der Waals surface area contributed by atoms with Crippen LogP contribution in [0.1, 0.15) is 57.4 Å². The zero-order valence-corrected chi connectivity index (χ0v) is 27.7. The topological polar surface area (TPSA) is 93.1 Å². The second kappa shape index (κ2) is 12.7. The average molecular weight is 660 g/mol. The van der Waals surface area contributed by atoms with Gasteiger partial charge in [-0.05, 0) is 104 Å². The van der Waals surface area contributed by atoms with Crippen LogP contribution in [0.3, 0.4) is 0 Å². The molecule has 0 spiro atoms. The van der Waals surface area contributed by atoms with Crippen LogP contribution < -0.4 is 14.4 Å². The van der Waals surface area contributed by atoms with Crippen molar-refractivity contribution in [2.75, 3.05) is 51.7 Å². The zero-order valence-electron chi connectivity index (χ0n) is 27.7. The monoisotopic (exact) mass is 659 g/mol. The minimum atomic E-state index is -0.612. The van der Waals surface area contributed by atoms with Crippen molar-refractivity contribution in [1.29, 1.82) is 0 Å². The molecule has 1 N–H and O–H groups in total. The van der Waals surface area contributed by atoms with Gasteiger partial charge in [0.2, 0.25) is 0 Å². The summed E-state index contributed by atoms with van der Waals surface area (Å²) in [6.45, 7) is 5.03. The molecule has 4 fully saturated rings. The van der Waals surface area contributed by atoms with E-state index in [-0.39, 0.29) is 48.0 Å². The Morgan fingerprint density at radius 2 is 1.88 bits per heavy atom. The van der Waals surface area contributed by atoms with Gasteiger partial charge in [0.15, 0.2) is 12.6 Å². The van der Waals surface area contributed by atoms with Crippen LogP contribution in [0.2, 0.25) is 0 Å². The third-order valence-electron chi connectivity index (χ3n) is 11.4. The van der Waals surface area contributed by atoms with E-state index in [1.54, 1.807) is 18.3 Å². The fourth-order valence-corrected chi connectivity index (χ4v) is 9.13. The van der Waals surface area contributed by atoms with E-state index in [4.69, 9.17) is 29.2 Å². The summed E-state index contributed by atoms with van der Waals surface area (Å²) in [5.74, 6) is 1.31. The molecule has 0 radical (unpaired) electrons. The van der Waals surface area contributed by atoms with Crippen molar-refractivity contribution >= 4 is 27.5 Å². The van der Waals surface area contributed by atoms with Crippen LogP contribution in [0.15, 0.2) is 30.5 Å². The number of nitrogens with zero attached hydrogens (tertiary/aromatic N) is 5. The molecule has 2 bridgehead atoms. The van der Waals surface area contributed by atoms with Crippen molar-refractivity contribution in [2.24, 2.45) is 11.8 Å². The maximum Gasteiger partial charge on any atom is 0.319 e. The molecule has 4 atom stereocenters. The van der Waals surface area contributed by atoms with Crippen molar-refractivity contribution in [3.05, 3.63) is 47.7 Å². The SMILES string of the molecule is CCc1c(F)ccc2cc(OCOC)cc(-c3ncc4c(N5CC6CCC(C6)C5)nc(OCC56CCCN5[C@@H](CO)CC6)nc4c3F)c12. The number of hydrogen-bond acceptors (Lipinski definition) is 9. The average Bonchev–Trinajstić information content (AvgIpc) is 3.78. The number of halogens is 2. The van der Waals surface area contributed by atoms with Crippen LogP contribution in [0.5, 0.6) is 11.8 Å². The highest BCUT2D eigenvalue weighted by atomic mass is 19.1. The third kappa shape index (κ3) is 5.34. The van der Waals surface area contributed by atoms with Gasteiger partial charge in [0.1, 0.15) is 35.2 Å². The molecular formula is C37H43F2N5O4. The molecule has 2 aromatic carbocycles. The van der Waals surface area contributed by atoms with Crippen LogP contribution >= 0.6 is 0 Å². The summed E-state index contributed by atoms with van der Waals surface area (Å²) in [6.07, 6.45) is 9.56. The van der Waals surface area contributed by atoms with E-state index in [1.807, 2.05) is 13.0 Å². The Morgan fingerprint density at radius 3 is 2.65 bits per heavy atom. The minimum absolute atomic E-state index is 0.00743. The summed E-state index contributed by atoms with van der Waals surface area (Å²) < 4.78 is 49.7. The lowest BCUT2D eigenvalue weighted by Crippen LogP contribution is -2.47. The third-order valence-corrected chi connectivity index (χ3v) is 11.4. The molecule has 11 heteroatoms. The summed E-state index contributed by atoms with van der Waals surface area (Å²) in [5.41, 5.74) is 0.919. The molecule has 9 nitrogen and oxygen atoms in total. The highest BCUT2D eigenvalue weighted by molar-refractivity contribution is 6.01. The fraction of sp³-hybridized carbons (Fsp3) is 0.541. The molecule has 1 saturated carbocycles. The van der Waals surface area contributed by atoms with Crippen LogP contribution in [0.25, 0.3) is 32.9 Å². The van der Waals surface area contributed by atoms with Gasteiger partial charge >= 0.3 is 6.01 Å². The predicted molar refractivity (Wildman–Crippen MR) is 179 cm³/mol. The molecule has 4 aromatic rings. The predicted octanol–water partition coefficient (Wildman–Crippen LogP) is 6.27. The molecule has 1 aliphatic carbocycles. The van der Waals surface area contributed by atoms with Crippen molar-refractivity contribution in [3.63, 3.8) is 0 Å². The molecule has 2 aromatic heterocycles. The normalized spacial score (nSPS) is 25.4. The summed E-state index contributed by atoms with van der Waals surface area (Å²) in [6, 6.07) is 6.89. The van der Waals surface area contributed by atoms with E-state index in [1.165, 1.54) is 32.4 Å². The smallest absolute Gasteiger partial charge is 0.319 e. The quantitative estimate of drug-likeness (QED) is 0.198. The van der Waals surface area contributed by atoms with E-state index in [9.17, 15) is 5.11 Å². The van der Waals surface area contributed by atoms with Gasteiger partial charge in [-0.3, -0.25) is 9.88 Å². The first-order valence-corrected chi connectivity index (χ1v) is 17.4.